The van der Waals surface area contributed by atoms with Gasteiger partial charge >= 0.3 is 0 Å². The SMILES string of the molecule is CNNC(=O)C1CC1C(=O)NN. The maximum Gasteiger partial charge on any atom is 0.238 e. The van der Waals surface area contributed by atoms with Gasteiger partial charge in [0.25, 0.3) is 0 Å². The normalized spacial score (nSPS) is 26.2. The van der Waals surface area contributed by atoms with Gasteiger partial charge in [0.05, 0.1) is 11.8 Å². The van der Waals surface area contributed by atoms with E-state index in [1.165, 1.54) is 0 Å². The van der Waals surface area contributed by atoms with E-state index in [0.717, 1.165) is 0 Å². The van der Waals surface area contributed by atoms with E-state index in [1.807, 2.05) is 5.43 Å². The van der Waals surface area contributed by atoms with E-state index in [-0.39, 0.29) is 23.7 Å². The molecule has 6 nitrogen and oxygen atoms in total. The number of nitrogens with one attached hydrogen (secondary N) is 3. The fourth-order valence-electron chi connectivity index (χ4n) is 1.10. The van der Waals surface area contributed by atoms with Crippen molar-refractivity contribution in [1.82, 2.24) is 16.3 Å². The van der Waals surface area contributed by atoms with Crippen LogP contribution in [0.1, 0.15) is 6.42 Å². The molecule has 0 aromatic heterocycles. The summed E-state index contributed by atoms with van der Waals surface area (Å²) in [6.45, 7) is 0. The number of hydrogen-bond donors (Lipinski definition) is 4. The van der Waals surface area contributed by atoms with Crippen LogP contribution in [0.15, 0.2) is 0 Å². The fourth-order valence-corrected chi connectivity index (χ4v) is 1.10. The summed E-state index contributed by atoms with van der Waals surface area (Å²) in [5.41, 5.74) is 6.92. The molecular formula is C6H12N4O2. The van der Waals surface area contributed by atoms with Gasteiger partial charge in [-0.25, -0.2) is 11.3 Å². The molecule has 5 N–H and O–H groups in total. The van der Waals surface area contributed by atoms with E-state index in [0.29, 0.717) is 6.42 Å². The molecule has 0 aliphatic heterocycles. The molecule has 0 aromatic rings. The minimum atomic E-state index is -0.272. The first-order chi connectivity index (χ1) is 5.70. The van der Waals surface area contributed by atoms with Crippen LogP contribution in [0.2, 0.25) is 0 Å². The lowest BCUT2D eigenvalue weighted by atomic mass is 10.3. The summed E-state index contributed by atoms with van der Waals surface area (Å²) in [4.78, 5) is 21.9. The van der Waals surface area contributed by atoms with Gasteiger partial charge in [0.2, 0.25) is 11.8 Å². The highest BCUT2D eigenvalue weighted by Gasteiger charge is 2.47. The summed E-state index contributed by atoms with van der Waals surface area (Å²) in [6, 6.07) is 0. The van der Waals surface area contributed by atoms with Crippen LogP contribution in [0.4, 0.5) is 0 Å². The topological polar surface area (TPSA) is 96.2 Å². The second kappa shape index (κ2) is 3.51. The predicted octanol–water partition coefficient (Wildman–Crippen LogP) is -2.14. The van der Waals surface area contributed by atoms with E-state index >= 15 is 0 Å². The summed E-state index contributed by atoms with van der Waals surface area (Å²) in [5, 5.41) is 0. The largest absolute Gasteiger partial charge is 0.294 e. The first kappa shape index (κ1) is 8.95. The zero-order valence-electron chi connectivity index (χ0n) is 6.76. The molecule has 1 rings (SSSR count). The smallest absolute Gasteiger partial charge is 0.238 e. The third-order valence-corrected chi connectivity index (χ3v) is 1.85. The van der Waals surface area contributed by atoms with Gasteiger partial charge in [0.1, 0.15) is 0 Å². The lowest BCUT2D eigenvalue weighted by molar-refractivity contribution is -0.127. The van der Waals surface area contributed by atoms with Crippen molar-refractivity contribution in [3.8, 4) is 0 Å². The van der Waals surface area contributed by atoms with Crippen LogP contribution < -0.4 is 22.1 Å². The Bertz CT molecular complexity index is 206. The summed E-state index contributed by atoms with van der Waals surface area (Å²) in [7, 11) is 1.60. The molecule has 2 unspecified atom stereocenters. The molecular weight excluding hydrogens is 160 g/mol. The monoisotopic (exact) mass is 172 g/mol. The Labute approximate surface area is 69.8 Å². The number of nitrogens with two attached hydrogens (primary N) is 1. The Morgan fingerprint density at radius 3 is 2.42 bits per heavy atom. The van der Waals surface area contributed by atoms with Crippen molar-refractivity contribution in [1.29, 1.82) is 0 Å². The van der Waals surface area contributed by atoms with Gasteiger partial charge in [-0.3, -0.25) is 20.4 Å². The number of hydrazine groups is 2. The van der Waals surface area contributed by atoms with Gasteiger partial charge in [0.15, 0.2) is 0 Å². The molecule has 6 heteroatoms. The van der Waals surface area contributed by atoms with Gasteiger partial charge in [0, 0.05) is 7.05 Å². The van der Waals surface area contributed by atoms with E-state index in [9.17, 15) is 9.59 Å². The summed E-state index contributed by atoms with van der Waals surface area (Å²) >= 11 is 0. The molecule has 68 valence electrons. The van der Waals surface area contributed by atoms with Crippen LogP contribution in [0, 0.1) is 11.8 Å². The zero-order chi connectivity index (χ0) is 9.14. The molecule has 0 saturated heterocycles. The van der Waals surface area contributed by atoms with Gasteiger partial charge < -0.3 is 0 Å². The molecule has 1 saturated carbocycles. The lowest BCUT2D eigenvalue weighted by Gasteiger charge is -2.00. The molecule has 0 spiro atoms. The zero-order valence-corrected chi connectivity index (χ0v) is 6.76. The van der Waals surface area contributed by atoms with Crippen molar-refractivity contribution in [2.24, 2.45) is 17.7 Å². The number of amides is 2. The van der Waals surface area contributed by atoms with Crippen molar-refractivity contribution >= 4 is 11.8 Å². The van der Waals surface area contributed by atoms with E-state index in [2.05, 4.69) is 10.9 Å². The van der Waals surface area contributed by atoms with Crippen LogP contribution in [-0.4, -0.2) is 18.9 Å². The highest BCUT2D eigenvalue weighted by atomic mass is 16.2. The lowest BCUT2D eigenvalue weighted by Crippen LogP contribution is -2.37. The number of carbonyl (C=O) groups is 2. The number of hydrogen-bond acceptors (Lipinski definition) is 4. The second-order valence-corrected chi connectivity index (χ2v) is 2.70. The van der Waals surface area contributed by atoms with E-state index in [1.54, 1.807) is 7.05 Å². The molecule has 1 aliphatic rings. The van der Waals surface area contributed by atoms with Gasteiger partial charge in [-0.05, 0) is 6.42 Å². The first-order valence-corrected chi connectivity index (χ1v) is 3.67. The third kappa shape index (κ3) is 1.72. The molecule has 2 amide bonds. The van der Waals surface area contributed by atoms with Crippen LogP contribution in [0.3, 0.4) is 0 Å². The molecule has 0 bridgehead atoms. The van der Waals surface area contributed by atoms with Crippen molar-refractivity contribution in [3.63, 3.8) is 0 Å². The Morgan fingerprint density at radius 2 is 1.92 bits per heavy atom. The highest BCUT2D eigenvalue weighted by Crippen LogP contribution is 2.38. The molecule has 2 atom stereocenters. The van der Waals surface area contributed by atoms with Gasteiger partial charge in [-0.1, -0.05) is 0 Å². The predicted molar refractivity (Wildman–Crippen MR) is 41.1 cm³/mol. The van der Waals surface area contributed by atoms with Crippen molar-refractivity contribution in [2.75, 3.05) is 7.05 Å². The quantitative estimate of drug-likeness (QED) is 0.222. The summed E-state index contributed by atoms with van der Waals surface area (Å²) < 4.78 is 0. The Hall–Kier alpha value is -1.14. The third-order valence-electron chi connectivity index (χ3n) is 1.85. The average Bonchev–Trinajstić information content (AvgIpc) is 2.82. The van der Waals surface area contributed by atoms with Crippen LogP contribution in [0.5, 0.6) is 0 Å². The number of carbonyl (C=O) groups excluding carboxylic acids is 2. The molecule has 12 heavy (non-hydrogen) atoms. The van der Waals surface area contributed by atoms with E-state index < -0.39 is 0 Å². The van der Waals surface area contributed by atoms with E-state index in [4.69, 9.17) is 5.84 Å². The summed E-state index contributed by atoms with van der Waals surface area (Å²) in [6.07, 6.45) is 0.580. The Kier molecular flexibility index (Phi) is 2.61. The average molecular weight is 172 g/mol. The molecule has 0 heterocycles. The van der Waals surface area contributed by atoms with Crippen LogP contribution in [-0.2, 0) is 9.59 Å². The van der Waals surface area contributed by atoms with Crippen molar-refractivity contribution in [3.05, 3.63) is 0 Å². The minimum absolute atomic E-state index is 0.161. The first-order valence-electron chi connectivity index (χ1n) is 3.67. The maximum absolute atomic E-state index is 11.0. The fraction of sp³-hybridized carbons (Fsp3) is 0.667. The van der Waals surface area contributed by atoms with Gasteiger partial charge in [-0.2, -0.15) is 0 Å². The molecule has 0 radical (unpaired) electrons. The maximum atomic E-state index is 11.0. The summed E-state index contributed by atoms with van der Waals surface area (Å²) in [5.74, 6) is 4.00. The van der Waals surface area contributed by atoms with Gasteiger partial charge in [-0.15, -0.1) is 0 Å². The standard InChI is InChI=1S/C6H12N4O2/c1-8-10-6(12)4-2-3(4)5(11)9-7/h3-4,8H,2,7H2,1H3,(H,9,11)(H,10,12). The molecule has 1 aliphatic carbocycles. The Morgan fingerprint density at radius 1 is 1.33 bits per heavy atom. The van der Waals surface area contributed by atoms with Crippen LogP contribution >= 0.6 is 0 Å². The van der Waals surface area contributed by atoms with Crippen molar-refractivity contribution in [2.45, 2.75) is 6.42 Å². The highest BCUT2D eigenvalue weighted by molar-refractivity contribution is 5.91. The van der Waals surface area contributed by atoms with Crippen molar-refractivity contribution < 1.29 is 9.59 Å². The van der Waals surface area contributed by atoms with Crippen LogP contribution in [0.25, 0.3) is 0 Å². The minimum Gasteiger partial charge on any atom is -0.294 e. The molecule has 1 fully saturated rings. The second-order valence-electron chi connectivity index (χ2n) is 2.70. The molecule has 0 aromatic carbocycles. The number of rotatable bonds is 3. The Balaban J connectivity index is 2.32.